The molecular formula is C14H13BrClN5. The molecule has 0 aliphatic carbocycles. The van der Waals surface area contributed by atoms with Crippen LogP contribution in [0, 0.1) is 0 Å². The van der Waals surface area contributed by atoms with Gasteiger partial charge in [0.1, 0.15) is 5.82 Å². The molecule has 2 aromatic heterocycles. The van der Waals surface area contributed by atoms with Gasteiger partial charge >= 0.3 is 0 Å². The highest BCUT2D eigenvalue weighted by molar-refractivity contribution is 9.10. The minimum atomic E-state index is 0.655. The van der Waals surface area contributed by atoms with Gasteiger partial charge in [-0.3, -0.25) is 0 Å². The van der Waals surface area contributed by atoms with Gasteiger partial charge in [-0.15, -0.1) is 0 Å². The van der Waals surface area contributed by atoms with Crippen LogP contribution in [0.2, 0.25) is 5.02 Å². The lowest BCUT2D eigenvalue weighted by atomic mass is 10.3. The summed E-state index contributed by atoms with van der Waals surface area (Å²) in [6.45, 7) is 2.83. The molecule has 0 fully saturated rings. The van der Waals surface area contributed by atoms with Gasteiger partial charge in [0.2, 0.25) is 0 Å². The molecule has 2 N–H and O–H groups in total. The first-order valence-electron chi connectivity index (χ1n) is 6.47. The first-order chi connectivity index (χ1) is 10.2. The lowest BCUT2D eigenvalue weighted by molar-refractivity contribution is 1.09. The van der Waals surface area contributed by atoms with Crippen molar-refractivity contribution >= 4 is 50.5 Å². The molecule has 2 heterocycles. The fourth-order valence-corrected chi connectivity index (χ4v) is 2.52. The van der Waals surface area contributed by atoms with E-state index >= 15 is 0 Å². The molecule has 3 aromatic rings. The van der Waals surface area contributed by atoms with Crippen LogP contribution in [0.3, 0.4) is 0 Å². The van der Waals surface area contributed by atoms with E-state index in [1.807, 2.05) is 41.9 Å². The van der Waals surface area contributed by atoms with Crippen LogP contribution in [-0.4, -0.2) is 20.9 Å². The highest BCUT2D eigenvalue weighted by Crippen LogP contribution is 2.29. The zero-order chi connectivity index (χ0) is 14.8. The van der Waals surface area contributed by atoms with E-state index < -0.39 is 0 Å². The van der Waals surface area contributed by atoms with Gasteiger partial charge < -0.3 is 15.0 Å². The van der Waals surface area contributed by atoms with Gasteiger partial charge in [0, 0.05) is 28.4 Å². The zero-order valence-electron chi connectivity index (χ0n) is 11.3. The summed E-state index contributed by atoms with van der Waals surface area (Å²) >= 11 is 9.55. The van der Waals surface area contributed by atoms with Crippen LogP contribution in [0.25, 0.3) is 5.65 Å². The maximum atomic E-state index is 6.05. The van der Waals surface area contributed by atoms with Crippen LogP contribution < -0.4 is 10.6 Å². The molecule has 7 heteroatoms. The Bertz CT molecular complexity index is 786. The standard InChI is InChI=1S/C14H13BrClN5/c1-2-17-12-8-21-6-5-18-14(21)13(20-12)19-11-7-9(16)3-4-10(11)15/h3-8,17H,2H2,1H3,(H,19,20). The Labute approximate surface area is 135 Å². The summed E-state index contributed by atoms with van der Waals surface area (Å²) in [6.07, 6.45) is 5.53. The number of fused-ring (bicyclic) bond motifs is 1. The number of rotatable bonds is 4. The number of nitrogens with zero attached hydrogens (tertiary/aromatic N) is 3. The van der Waals surface area contributed by atoms with E-state index in [0.717, 1.165) is 28.2 Å². The fourth-order valence-electron chi connectivity index (χ4n) is 2.00. The number of imidazole rings is 1. The second-order valence-corrected chi connectivity index (χ2v) is 5.70. The fraction of sp³-hybridized carbons (Fsp3) is 0.143. The van der Waals surface area contributed by atoms with Crippen molar-refractivity contribution in [2.75, 3.05) is 17.2 Å². The van der Waals surface area contributed by atoms with Crippen LogP contribution in [0.4, 0.5) is 17.3 Å². The number of anilines is 3. The molecule has 5 nitrogen and oxygen atoms in total. The van der Waals surface area contributed by atoms with Crippen LogP contribution in [-0.2, 0) is 0 Å². The molecule has 0 atom stereocenters. The van der Waals surface area contributed by atoms with Crippen molar-refractivity contribution in [2.24, 2.45) is 0 Å². The van der Waals surface area contributed by atoms with E-state index in [1.54, 1.807) is 6.20 Å². The minimum Gasteiger partial charge on any atom is -0.369 e. The number of hydrogen-bond donors (Lipinski definition) is 2. The normalized spacial score (nSPS) is 10.8. The third kappa shape index (κ3) is 2.96. The largest absolute Gasteiger partial charge is 0.369 e. The molecular weight excluding hydrogens is 354 g/mol. The highest BCUT2D eigenvalue weighted by Gasteiger charge is 2.09. The van der Waals surface area contributed by atoms with Gasteiger partial charge in [0.25, 0.3) is 0 Å². The predicted octanol–water partition coefficient (Wildman–Crippen LogP) is 4.32. The summed E-state index contributed by atoms with van der Waals surface area (Å²) in [4.78, 5) is 8.89. The molecule has 1 aromatic carbocycles. The molecule has 0 radical (unpaired) electrons. The van der Waals surface area contributed by atoms with E-state index in [9.17, 15) is 0 Å². The van der Waals surface area contributed by atoms with Crippen molar-refractivity contribution in [3.05, 3.63) is 46.3 Å². The smallest absolute Gasteiger partial charge is 0.180 e. The minimum absolute atomic E-state index is 0.655. The molecule has 108 valence electrons. The van der Waals surface area contributed by atoms with Crippen molar-refractivity contribution in [2.45, 2.75) is 6.92 Å². The second kappa shape index (κ2) is 5.91. The number of aromatic nitrogens is 3. The molecule has 0 bridgehead atoms. The van der Waals surface area contributed by atoms with Crippen LogP contribution in [0.5, 0.6) is 0 Å². The summed E-state index contributed by atoms with van der Waals surface area (Å²) in [6, 6.07) is 5.55. The highest BCUT2D eigenvalue weighted by atomic mass is 79.9. The molecule has 0 unspecified atom stereocenters. The molecule has 0 aliphatic heterocycles. The average molecular weight is 367 g/mol. The lowest BCUT2D eigenvalue weighted by Gasteiger charge is -2.11. The maximum Gasteiger partial charge on any atom is 0.180 e. The Morgan fingerprint density at radius 1 is 1.38 bits per heavy atom. The Morgan fingerprint density at radius 2 is 2.24 bits per heavy atom. The molecule has 0 aliphatic rings. The van der Waals surface area contributed by atoms with Gasteiger partial charge in [-0.05, 0) is 41.1 Å². The molecule has 3 rings (SSSR count). The summed E-state index contributed by atoms with van der Waals surface area (Å²) < 4.78 is 2.83. The molecule has 0 amide bonds. The lowest BCUT2D eigenvalue weighted by Crippen LogP contribution is -2.05. The predicted molar refractivity (Wildman–Crippen MR) is 89.6 cm³/mol. The number of hydrogen-bond acceptors (Lipinski definition) is 4. The van der Waals surface area contributed by atoms with Crippen molar-refractivity contribution in [1.82, 2.24) is 14.4 Å². The quantitative estimate of drug-likeness (QED) is 0.722. The third-order valence-electron chi connectivity index (χ3n) is 2.91. The van der Waals surface area contributed by atoms with Crippen LogP contribution in [0.15, 0.2) is 41.3 Å². The SMILES string of the molecule is CCNc1cn2ccnc2c(Nc2cc(Cl)ccc2Br)n1. The maximum absolute atomic E-state index is 6.05. The first-order valence-corrected chi connectivity index (χ1v) is 7.64. The molecule has 0 saturated carbocycles. The Balaban J connectivity index is 2.06. The molecule has 0 saturated heterocycles. The Morgan fingerprint density at radius 3 is 3.05 bits per heavy atom. The van der Waals surface area contributed by atoms with Gasteiger partial charge in [-0.1, -0.05) is 11.6 Å². The van der Waals surface area contributed by atoms with Crippen LogP contribution >= 0.6 is 27.5 Å². The van der Waals surface area contributed by atoms with Crippen molar-refractivity contribution in [3.8, 4) is 0 Å². The summed E-state index contributed by atoms with van der Waals surface area (Å²) in [5, 5.41) is 7.13. The van der Waals surface area contributed by atoms with E-state index in [0.29, 0.717) is 10.8 Å². The van der Waals surface area contributed by atoms with Crippen molar-refractivity contribution in [1.29, 1.82) is 0 Å². The summed E-state index contributed by atoms with van der Waals surface area (Å²) in [5.41, 5.74) is 1.59. The van der Waals surface area contributed by atoms with Gasteiger partial charge in [0.15, 0.2) is 11.5 Å². The summed E-state index contributed by atoms with van der Waals surface area (Å²) in [7, 11) is 0. The molecule has 0 spiro atoms. The second-order valence-electron chi connectivity index (χ2n) is 4.41. The Kier molecular flexibility index (Phi) is 3.98. The monoisotopic (exact) mass is 365 g/mol. The average Bonchev–Trinajstić information content (AvgIpc) is 2.92. The zero-order valence-corrected chi connectivity index (χ0v) is 13.6. The van der Waals surface area contributed by atoms with E-state index in [1.165, 1.54) is 0 Å². The van der Waals surface area contributed by atoms with E-state index in [4.69, 9.17) is 11.6 Å². The topological polar surface area (TPSA) is 54.2 Å². The number of benzene rings is 1. The van der Waals surface area contributed by atoms with E-state index in [2.05, 4.69) is 36.5 Å². The summed E-state index contributed by atoms with van der Waals surface area (Å²) in [5.74, 6) is 1.45. The number of nitrogens with one attached hydrogen (secondary N) is 2. The van der Waals surface area contributed by atoms with Crippen molar-refractivity contribution in [3.63, 3.8) is 0 Å². The van der Waals surface area contributed by atoms with Crippen LogP contribution in [0.1, 0.15) is 6.92 Å². The van der Waals surface area contributed by atoms with Crippen molar-refractivity contribution < 1.29 is 0 Å². The first kappa shape index (κ1) is 14.2. The number of halogens is 2. The molecule has 21 heavy (non-hydrogen) atoms. The van der Waals surface area contributed by atoms with Gasteiger partial charge in [-0.25, -0.2) is 9.97 Å². The van der Waals surface area contributed by atoms with Gasteiger partial charge in [-0.2, -0.15) is 0 Å². The van der Waals surface area contributed by atoms with E-state index in [-0.39, 0.29) is 0 Å². The van der Waals surface area contributed by atoms with Gasteiger partial charge in [0.05, 0.1) is 11.9 Å². The Hall–Kier alpha value is -1.79. The third-order valence-corrected chi connectivity index (χ3v) is 3.84.